The number of hydrogen-bond acceptors (Lipinski definition) is 4. The van der Waals surface area contributed by atoms with E-state index >= 15 is 0 Å². The normalized spacial score (nSPS) is 11.5. The quantitative estimate of drug-likeness (QED) is 0.836. The minimum absolute atomic E-state index is 0.103. The molecule has 0 spiro atoms. The van der Waals surface area contributed by atoms with E-state index in [2.05, 4.69) is 0 Å². The molecule has 0 radical (unpaired) electrons. The summed E-state index contributed by atoms with van der Waals surface area (Å²) in [5, 5.41) is 8.49. The number of anilines is 1. The summed E-state index contributed by atoms with van der Waals surface area (Å²) < 4.78 is 25.7. The van der Waals surface area contributed by atoms with Gasteiger partial charge in [0, 0.05) is 20.0 Å². The van der Waals surface area contributed by atoms with Gasteiger partial charge in [-0.05, 0) is 37.1 Å². The molecule has 0 aromatic heterocycles. The first-order valence-corrected chi connectivity index (χ1v) is 6.94. The predicted octanol–water partition coefficient (Wildman–Crippen LogP) is 1.42. The lowest BCUT2D eigenvalue weighted by Crippen LogP contribution is -2.28. The van der Waals surface area contributed by atoms with E-state index in [0.717, 1.165) is 15.4 Å². The van der Waals surface area contributed by atoms with Gasteiger partial charge < -0.3 is 5.73 Å². The van der Waals surface area contributed by atoms with Gasteiger partial charge in [-0.3, -0.25) is 0 Å². The van der Waals surface area contributed by atoms with Crippen molar-refractivity contribution in [2.24, 2.45) is 0 Å². The maximum absolute atomic E-state index is 12.3. The largest absolute Gasteiger partial charge is 0.398 e. The van der Waals surface area contributed by atoms with Crippen LogP contribution in [-0.2, 0) is 10.0 Å². The molecule has 98 valence electrons. The minimum atomic E-state index is -3.62. The Hall–Kier alpha value is -1.58. The van der Waals surface area contributed by atoms with E-state index in [9.17, 15) is 8.42 Å². The molecule has 0 saturated carbocycles. The van der Waals surface area contributed by atoms with Crippen molar-refractivity contribution in [2.45, 2.75) is 25.2 Å². The van der Waals surface area contributed by atoms with Gasteiger partial charge in [0.05, 0.1) is 11.8 Å². The molecule has 1 aromatic rings. The Kier molecular flexibility index (Phi) is 4.33. The summed E-state index contributed by atoms with van der Waals surface area (Å²) in [7, 11) is -2.18. The summed E-state index contributed by atoms with van der Waals surface area (Å²) in [5.41, 5.74) is 7.83. The van der Waals surface area contributed by atoms with Gasteiger partial charge in [-0.1, -0.05) is 0 Å². The molecule has 0 aliphatic carbocycles. The second-order valence-corrected chi connectivity index (χ2v) is 6.22. The van der Waals surface area contributed by atoms with Gasteiger partial charge >= 0.3 is 0 Å². The van der Waals surface area contributed by atoms with Gasteiger partial charge in [-0.25, -0.2) is 8.42 Å². The maximum atomic E-state index is 12.3. The molecule has 5 nitrogen and oxygen atoms in total. The second-order valence-electron chi connectivity index (χ2n) is 4.21. The maximum Gasteiger partial charge on any atom is 0.244 e. The predicted molar refractivity (Wildman–Crippen MR) is 70.4 cm³/mol. The molecule has 18 heavy (non-hydrogen) atoms. The molecule has 0 aliphatic heterocycles. The van der Waals surface area contributed by atoms with E-state index in [4.69, 9.17) is 11.0 Å². The van der Waals surface area contributed by atoms with Crippen molar-refractivity contribution in [2.75, 3.05) is 19.3 Å². The van der Waals surface area contributed by atoms with Gasteiger partial charge in [0.1, 0.15) is 4.90 Å². The minimum Gasteiger partial charge on any atom is -0.398 e. The van der Waals surface area contributed by atoms with Crippen molar-refractivity contribution in [1.29, 1.82) is 5.26 Å². The van der Waals surface area contributed by atoms with Crippen molar-refractivity contribution >= 4 is 15.7 Å². The fourth-order valence-electron chi connectivity index (χ4n) is 1.53. The highest BCUT2D eigenvalue weighted by Gasteiger charge is 2.23. The summed E-state index contributed by atoms with van der Waals surface area (Å²) in [4.78, 5) is 0.103. The van der Waals surface area contributed by atoms with Crippen molar-refractivity contribution < 1.29 is 8.42 Å². The van der Waals surface area contributed by atoms with Crippen LogP contribution in [0.3, 0.4) is 0 Å². The van der Waals surface area contributed by atoms with Gasteiger partial charge in [0.25, 0.3) is 0 Å². The number of nitrogens with two attached hydrogens (primary N) is 1. The standard InChI is InChI=1S/C12H17N3O2S/c1-9-7-11(14)12(8-10(9)2)18(16,17)15(3)6-4-5-13/h7-8H,4,6,14H2,1-3H3. The lowest BCUT2D eigenvalue weighted by molar-refractivity contribution is 0.477. The first-order valence-electron chi connectivity index (χ1n) is 5.50. The molecule has 0 amide bonds. The number of nitrogen functional groups attached to an aromatic ring is 1. The average molecular weight is 267 g/mol. The number of sulfonamides is 1. The molecule has 1 aromatic carbocycles. The lowest BCUT2D eigenvalue weighted by atomic mass is 10.1. The van der Waals surface area contributed by atoms with E-state index in [1.54, 1.807) is 12.1 Å². The van der Waals surface area contributed by atoms with Crippen LogP contribution in [0.1, 0.15) is 17.5 Å². The SMILES string of the molecule is Cc1cc(N)c(S(=O)(=O)N(C)CCC#N)cc1C. The molecule has 0 bridgehead atoms. The lowest BCUT2D eigenvalue weighted by Gasteiger charge is -2.18. The Bertz CT molecular complexity index is 588. The Morgan fingerprint density at radius 3 is 2.44 bits per heavy atom. The van der Waals surface area contributed by atoms with Gasteiger partial charge in [0.2, 0.25) is 10.0 Å². The zero-order chi connectivity index (χ0) is 13.9. The van der Waals surface area contributed by atoms with Crippen molar-refractivity contribution in [3.05, 3.63) is 23.3 Å². The summed E-state index contributed by atoms with van der Waals surface area (Å²) in [6, 6.07) is 5.15. The van der Waals surface area contributed by atoms with E-state index in [-0.39, 0.29) is 23.5 Å². The van der Waals surface area contributed by atoms with Crippen molar-refractivity contribution in [1.82, 2.24) is 4.31 Å². The van der Waals surface area contributed by atoms with E-state index in [1.165, 1.54) is 7.05 Å². The van der Waals surface area contributed by atoms with Gasteiger partial charge in [0.15, 0.2) is 0 Å². The van der Waals surface area contributed by atoms with Crippen LogP contribution in [0.4, 0.5) is 5.69 Å². The Morgan fingerprint density at radius 2 is 1.89 bits per heavy atom. The smallest absolute Gasteiger partial charge is 0.244 e. The fourth-order valence-corrected chi connectivity index (χ4v) is 2.88. The summed E-state index contributed by atoms with van der Waals surface area (Å²) in [6.45, 7) is 3.87. The molecule has 0 fully saturated rings. The molecule has 2 N–H and O–H groups in total. The molecule has 0 atom stereocenters. The first kappa shape index (κ1) is 14.5. The summed E-state index contributed by atoms with van der Waals surface area (Å²) in [5.74, 6) is 0. The highest BCUT2D eigenvalue weighted by atomic mass is 32.2. The molecule has 0 unspecified atom stereocenters. The molecular weight excluding hydrogens is 250 g/mol. The Morgan fingerprint density at radius 1 is 1.33 bits per heavy atom. The van der Waals surface area contributed by atoms with Crippen molar-refractivity contribution in [3.8, 4) is 6.07 Å². The van der Waals surface area contributed by atoms with Crippen LogP contribution in [0.25, 0.3) is 0 Å². The van der Waals surface area contributed by atoms with Crippen LogP contribution in [0.15, 0.2) is 17.0 Å². The molecule has 6 heteroatoms. The Labute approximate surface area is 108 Å². The molecular formula is C12H17N3O2S. The van der Waals surface area contributed by atoms with Crippen LogP contribution in [0, 0.1) is 25.2 Å². The van der Waals surface area contributed by atoms with Gasteiger partial charge in [-0.15, -0.1) is 0 Å². The number of rotatable bonds is 4. The molecule has 0 saturated heterocycles. The van der Waals surface area contributed by atoms with Crippen LogP contribution in [0.2, 0.25) is 0 Å². The number of benzene rings is 1. The Balaban J connectivity index is 3.21. The third-order valence-corrected chi connectivity index (χ3v) is 4.77. The zero-order valence-electron chi connectivity index (χ0n) is 10.8. The number of nitriles is 1. The van der Waals surface area contributed by atoms with Crippen molar-refractivity contribution in [3.63, 3.8) is 0 Å². The number of aryl methyl sites for hydroxylation is 2. The van der Waals surface area contributed by atoms with Crippen LogP contribution in [0.5, 0.6) is 0 Å². The van der Waals surface area contributed by atoms with E-state index < -0.39 is 10.0 Å². The van der Waals surface area contributed by atoms with Crippen LogP contribution >= 0.6 is 0 Å². The zero-order valence-corrected chi connectivity index (χ0v) is 11.6. The monoisotopic (exact) mass is 267 g/mol. The first-order chi connectivity index (χ1) is 8.30. The van der Waals surface area contributed by atoms with E-state index in [0.29, 0.717) is 0 Å². The van der Waals surface area contributed by atoms with E-state index in [1.807, 2.05) is 19.9 Å². The fraction of sp³-hybridized carbons (Fsp3) is 0.417. The summed E-state index contributed by atoms with van der Waals surface area (Å²) >= 11 is 0. The summed E-state index contributed by atoms with van der Waals surface area (Å²) in [6.07, 6.45) is 0.153. The average Bonchev–Trinajstić information content (AvgIpc) is 2.30. The molecule has 1 rings (SSSR count). The number of hydrogen-bond donors (Lipinski definition) is 1. The third kappa shape index (κ3) is 2.81. The highest BCUT2D eigenvalue weighted by Crippen LogP contribution is 2.25. The number of nitrogens with zero attached hydrogens (tertiary/aromatic N) is 2. The topological polar surface area (TPSA) is 87.2 Å². The molecule has 0 heterocycles. The molecule has 0 aliphatic rings. The highest BCUT2D eigenvalue weighted by molar-refractivity contribution is 7.89. The van der Waals surface area contributed by atoms with Gasteiger partial charge in [-0.2, -0.15) is 9.57 Å². The van der Waals surface area contributed by atoms with Crippen LogP contribution < -0.4 is 5.73 Å². The van der Waals surface area contributed by atoms with Crippen LogP contribution in [-0.4, -0.2) is 26.3 Å². The third-order valence-electron chi connectivity index (χ3n) is 2.85. The second kappa shape index (κ2) is 5.38.